The van der Waals surface area contributed by atoms with E-state index in [1.807, 2.05) is 27.8 Å². The number of hydrogen-bond acceptors (Lipinski definition) is 5. The van der Waals surface area contributed by atoms with Crippen molar-refractivity contribution in [2.24, 2.45) is 11.3 Å². The Bertz CT molecular complexity index is 779. The summed E-state index contributed by atoms with van der Waals surface area (Å²) in [5.74, 6) is 0.502. The summed E-state index contributed by atoms with van der Waals surface area (Å²) in [6.07, 6.45) is 6.40. The van der Waals surface area contributed by atoms with E-state index in [0.717, 1.165) is 44.8 Å². The van der Waals surface area contributed by atoms with Crippen LogP contribution in [0.1, 0.15) is 121 Å². The summed E-state index contributed by atoms with van der Waals surface area (Å²) in [5.41, 5.74) is -1.59. The quantitative estimate of drug-likeness (QED) is 0.259. The molecule has 1 aliphatic carbocycles. The van der Waals surface area contributed by atoms with Gasteiger partial charge in [-0.1, -0.05) is 40.5 Å². The second kappa shape index (κ2) is 11.5. The molecule has 2 amide bonds. The molecule has 7 nitrogen and oxygen atoms in total. The molecule has 37 heavy (non-hydrogen) atoms. The van der Waals surface area contributed by atoms with Gasteiger partial charge < -0.3 is 24.3 Å². The number of hydrogen-bond donors (Lipinski definition) is 1. The first-order valence-corrected chi connectivity index (χ1v) is 14.4. The van der Waals surface area contributed by atoms with E-state index in [2.05, 4.69) is 65.6 Å². The fourth-order valence-electron chi connectivity index (χ4n) is 6.13. The summed E-state index contributed by atoms with van der Waals surface area (Å²) in [6, 6.07) is 0.0704. The number of carbonyl (C=O) groups excluding carboxylic acids is 2. The topological polar surface area (TPSA) is 77.1 Å². The number of rotatable bonds is 10. The summed E-state index contributed by atoms with van der Waals surface area (Å²) in [5, 5.41) is 3.04. The van der Waals surface area contributed by atoms with Gasteiger partial charge in [0.25, 0.3) is 0 Å². The van der Waals surface area contributed by atoms with Crippen LogP contribution in [0.2, 0.25) is 6.32 Å². The summed E-state index contributed by atoms with van der Waals surface area (Å²) < 4.78 is 17.9. The Morgan fingerprint density at radius 1 is 1.00 bits per heavy atom. The predicted octanol–water partition coefficient (Wildman–Crippen LogP) is 6.60. The molecule has 2 aliphatic rings. The van der Waals surface area contributed by atoms with Crippen LogP contribution in [0.25, 0.3) is 0 Å². The minimum Gasteiger partial charge on any atom is -0.444 e. The molecule has 1 saturated carbocycles. The van der Waals surface area contributed by atoms with Crippen LogP contribution in [0.5, 0.6) is 0 Å². The molecule has 0 spiro atoms. The van der Waals surface area contributed by atoms with Gasteiger partial charge in [0, 0.05) is 19.5 Å². The molecular weight excluding hydrogens is 467 g/mol. The first-order valence-electron chi connectivity index (χ1n) is 14.4. The van der Waals surface area contributed by atoms with Crippen LogP contribution in [0.3, 0.4) is 0 Å². The first-order chi connectivity index (χ1) is 16.8. The molecule has 1 aliphatic heterocycles. The summed E-state index contributed by atoms with van der Waals surface area (Å²) in [7, 11) is 1.80. The molecule has 1 unspecified atom stereocenters. The van der Waals surface area contributed by atoms with E-state index in [1.165, 1.54) is 0 Å². The lowest BCUT2D eigenvalue weighted by atomic mass is 9.55. The minimum absolute atomic E-state index is 0.0704. The highest BCUT2D eigenvalue weighted by molar-refractivity contribution is 6.45. The monoisotopic (exact) mass is 522 g/mol. The SMILES string of the molecule is CCCC(=O)N(C)C(CCCCB1OC(C)(C)C(C)(C)O1)(C1CC(NC(=O)OC(C)(C)C)C1)C(C)(C)C. The predicted molar refractivity (Wildman–Crippen MR) is 150 cm³/mol. The average molecular weight is 523 g/mol. The number of nitrogens with zero attached hydrogens (tertiary/aromatic N) is 1. The molecule has 8 heteroatoms. The average Bonchev–Trinajstić information content (AvgIpc) is 2.89. The molecular formula is C29H55BN2O5. The standard InChI is InChI=1S/C29H55BN2O5/c1-13-16-23(33)32(12)29(25(2,3)4,21-19-22(20-21)31-24(34)35-26(5,6)7)17-14-15-18-30-36-27(8,9)28(10,11)37-30/h21-22H,13-20H2,1-12H3,(H,31,34). The highest BCUT2D eigenvalue weighted by atomic mass is 16.7. The fraction of sp³-hybridized carbons (Fsp3) is 0.931. The van der Waals surface area contributed by atoms with Crippen molar-refractivity contribution in [1.82, 2.24) is 10.2 Å². The molecule has 214 valence electrons. The maximum atomic E-state index is 13.3. The Kier molecular flexibility index (Phi) is 9.89. The van der Waals surface area contributed by atoms with E-state index in [-0.39, 0.29) is 47.3 Å². The third kappa shape index (κ3) is 7.43. The minimum atomic E-state index is -0.521. The van der Waals surface area contributed by atoms with E-state index in [4.69, 9.17) is 14.0 Å². The van der Waals surface area contributed by atoms with Crippen molar-refractivity contribution in [3.63, 3.8) is 0 Å². The molecule has 0 aromatic heterocycles. The van der Waals surface area contributed by atoms with Crippen molar-refractivity contribution in [3.8, 4) is 0 Å². The van der Waals surface area contributed by atoms with Crippen molar-refractivity contribution in [2.75, 3.05) is 7.05 Å². The van der Waals surface area contributed by atoms with E-state index in [0.29, 0.717) is 12.3 Å². The van der Waals surface area contributed by atoms with E-state index < -0.39 is 5.60 Å². The second-order valence-electron chi connectivity index (χ2n) is 14.3. The molecule has 1 heterocycles. The zero-order chi connectivity index (χ0) is 28.4. The Morgan fingerprint density at radius 3 is 2.00 bits per heavy atom. The van der Waals surface area contributed by atoms with Gasteiger partial charge >= 0.3 is 13.2 Å². The van der Waals surface area contributed by atoms with Gasteiger partial charge in [0.2, 0.25) is 5.91 Å². The van der Waals surface area contributed by atoms with E-state index >= 15 is 0 Å². The Labute approximate surface area is 227 Å². The second-order valence-corrected chi connectivity index (χ2v) is 14.3. The van der Waals surface area contributed by atoms with Gasteiger partial charge in [0.05, 0.1) is 16.7 Å². The Morgan fingerprint density at radius 2 is 1.54 bits per heavy atom. The number of amides is 2. The number of unbranched alkanes of at least 4 members (excludes halogenated alkanes) is 1. The third-order valence-corrected chi connectivity index (χ3v) is 8.82. The number of carbonyl (C=O) groups is 2. The molecule has 0 bridgehead atoms. The van der Waals surface area contributed by atoms with Crippen molar-refractivity contribution in [1.29, 1.82) is 0 Å². The van der Waals surface area contributed by atoms with Gasteiger partial charge in [-0.3, -0.25) is 4.79 Å². The molecule has 1 atom stereocenters. The lowest BCUT2D eigenvalue weighted by molar-refractivity contribution is -0.151. The van der Waals surface area contributed by atoms with Crippen LogP contribution < -0.4 is 5.32 Å². The summed E-state index contributed by atoms with van der Waals surface area (Å²) in [6.45, 7) is 22.8. The zero-order valence-electron chi connectivity index (χ0n) is 25.9. The Balaban J connectivity index is 2.13. The normalized spacial score (nSPS) is 24.7. The zero-order valence-corrected chi connectivity index (χ0v) is 25.9. The Hall–Kier alpha value is -1.28. The maximum Gasteiger partial charge on any atom is 0.457 e. The van der Waals surface area contributed by atoms with Gasteiger partial charge in [0.15, 0.2) is 0 Å². The van der Waals surface area contributed by atoms with Gasteiger partial charge in [-0.15, -0.1) is 0 Å². The van der Waals surface area contributed by atoms with Gasteiger partial charge in [-0.2, -0.15) is 0 Å². The van der Waals surface area contributed by atoms with Crippen molar-refractivity contribution < 1.29 is 23.6 Å². The lowest BCUT2D eigenvalue weighted by Crippen LogP contribution is -2.66. The largest absolute Gasteiger partial charge is 0.457 e. The highest BCUT2D eigenvalue weighted by Crippen LogP contribution is 2.52. The number of alkyl carbamates (subject to hydrolysis) is 1. The smallest absolute Gasteiger partial charge is 0.444 e. The van der Waals surface area contributed by atoms with Crippen molar-refractivity contribution in [2.45, 2.75) is 156 Å². The molecule has 0 radical (unpaired) electrons. The fourth-order valence-corrected chi connectivity index (χ4v) is 6.13. The molecule has 2 rings (SSSR count). The molecule has 1 saturated heterocycles. The van der Waals surface area contributed by atoms with Gasteiger partial charge in [0.1, 0.15) is 5.60 Å². The molecule has 2 fully saturated rings. The van der Waals surface area contributed by atoms with Crippen LogP contribution in [0, 0.1) is 11.3 Å². The first kappa shape index (κ1) is 31.9. The van der Waals surface area contributed by atoms with Crippen LogP contribution >= 0.6 is 0 Å². The van der Waals surface area contributed by atoms with Crippen molar-refractivity contribution in [3.05, 3.63) is 0 Å². The third-order valence-electron chi connectivity index (χ3n) is 8.82. The van der Waals surface area contributed by atoms with E-state index in [9.17, 15) is 9.59 Å². The van der Waals surface area contributed by atoms with Crippen LogP contribution in [0.4, 0.5) is 4.79 Å². The summed E-state index contributed by atoms with van der Waals surface area (Å²) in [4.78, 5) is 27.7. The van der Waals surface area contributed by atoms with Crippen LogP contribution in [-0.4, -0.2) is 59.5 Å². The van der Waals surface area contributed by atoms with Gasteiger partial charge in [-0.05, 0) is 91.8 Å². The van der Waals surface area contributed by atoms with Gasteiger partial charge in [-0.25, -0.2) is 4.79 Å². The highest BCUT2D eigenvalue weighted by Gasteiger charge is 2.56. The van der Waals surface area contributed by atoms with Crippen molar-refractivity contribution >= 4 is 19.1 Å². The number of nitrogens with one attached hydrogen (secondary N) is 1. The van der Waals surface area contributed by atoms with Crippen LogP contribution in [0.15, 0.2) is 0 Å². The maximum absolute atomic E-state index is 13.3. The van der Waals surface area contributed by atoms with E-state index in [1.54, 1.807) is 0 Å². The summed E-state index contributed by atoms with van der Waals surface area (Å²) >= 11 is 0. The molecule has 0 aromatic rings. The molecule has 1 N–H and O–H groups in total. The number of ether oxygens (including phenoxy) is 1. The molecule has 0 aromatic carbocycles. The van der Waals surface area contributed by atoms with Crippen LogP contribution in [-0.2, 0) is 18.8 Å². The lowest BCUT2D eigenvalue weighted by Gasteiger charge is -2.60.